The van der Waals surface area contributed by atoms with Crippen LogP contribution in [-0.4, -0.2) is 55.3 Å². The van der Waals surface area contributed by atoms with E-state index in [1.54, 1.807) is 23.1 Å². The molecule has 2 saturated heterocycles. The zero-order valence-electron chi connectivity index (χ0n) is 17.5. The molecule has 0 aliphatic carbocycles. The second-order valence-electron chi connectivity index (χ2n) is 7.98. The molecule has 2 fully saturated rings. The Bertz CT molecular complexity index is 1070. The molecule has 0 N–H and O–H groups in total. The number of fused-ring (bicyclic) bond motifs is 1. The minimum absolute atomic E-state index is 0.0543. The smallest absolute Gasteiger partial charge is 0.294 e. The van der Waals surface area contributed by atoms with Crippen LogP contribution in [0.15, 0.2) is 58.8 Å². The molecule has 0 saturated carbocycles. The fraction of sp³-hybridized carbons (Fsp3) is 0.333. The van der Waals surface area contributed by atoms with Gasteiger partial charge in [0.15, 0.2) is 17.3 Å². The number of piperidine rings is 1. The minimum Gasteiger partial charge on any atom is -0.449 e. The molecule has 0 atom stereocenters. The Morgan fingerprint density at radius 3 is 2.47 bits per heavy atom. The SMILES string of the molecule is O=C(CN1C(=O)/C(=C\c2ccccc2Br)Oc2ccccc21)N1CCC2(CC1)OCCO2. The van der Waals surface area contributed by atoms with Crippen molar-refractivity contribution in [3.8, 4) is 5.75 Å². The van der Waals surface area contributed by atoms with Crippen LogP contribution in [0.2, 0.25) is 0 Å². The van der Waals surface area contributed by atoms with E-state index in [2.05, 4.69) is 15.9 Å². The van der Waals surface area contributed by atoms with E-state index in [9.17, 15) is 9.59 Å². The van der Waals surface area contributed by atoms with E-state index < -0.39 is 5.79 Å². The highest BCUT2D eigenvalue weighted by Gasteiger charge is 2.41. The van der Waals surface area contributed by atoms with Crippen LogP contribution < -0.4 is 9.64 Å². The first kappa shape index (κ1) is 21.2. The summed E-state index contributed by atoms with van der Waals surface area (Å²) in [5.41, 5.74) is 1.41. The number of ether oxygens (including phenoxy) is 3. The molecule has 1 spiro atoms. The summed E-state index contributed by atoms with van der Waals surface area (Å²) in [6, 6.07) is 14.8. The second kappa shape index (κ2) is 8.69. The summed E-state index contributed by atoms with van der Waals surface area (Å²) in [5.74, 6) is -0.277. The number of carbonyl (C=O) groups excluding carboxylic acids is 2. The van der Waals surface area contributed by atoms with Gasteiger partial charge in [-0.25, -0.2) is 0 Å². The third kappa shape index (κ3) is 4.05. The number of amides is 2. The number of carbonyl (C=O) groups is 2. The summed E-state index contributed by atoms with van der Waals surface area (Å²) in [4.78, 5) is 29.7. The average molecular weight is 499 g/mol. The maximum absolute atomic E-state index is 13.3. The number of nitrogens with zero attached hydrogens (tertiary/aromatic N) is 2. The summed E-state index contributed by atoms with van der Waals surface area (Å²) in [6.45, 7) is 2.22. The van der Waals surface area contributed by atoms with Crippen molar-refractivity contribution >= 4 is 39.5 Å². The van der Waals surface area contributed by atoms with Crippen LogP contribution in [-0.2, 0) is 19.1 Å². The molecule has 0 bridgehead atoms. The number of para-hydroxylation sites is 2. The molecule has 0 aromatic heterocycles. The molecular weight excluding hydrogens is 476 g/mol. The highest BCUT2D eigenvalue weighted by molar-refractivity contribution is 9.10. The van der Waals surface area contributed by atoms with Crippen LogP contribution in [0.1, 0.15) is 18.4 Å². The summed E-state index contributed by atoms with van der Waals surface area (Å²) >= 11 is 3.50. The predicted octanol–water partition coefficient (Wildman–Crippen LogP) is 3.58. The maximum atomic E-state index is 13.3. The fourth-order valence-electron chi connectivity index (χ4n) is 4.27. The van der Waals surface area contributed by atoms with E-state index in [4.69, 9.17) is 14.2 Å². The van der Waals surface area contributed by atoms with E-state index in [1.165, 1.54) is 4.90 Å². The number of benzene rings is 2. The highest BCUT2D eigenvalue weighted by Crippen LogP contribution is 2.36. The van der Waals surface area contributed by atoms with Crippen molar-refractivity contribution in [2.75, 3.05) is 37.7 Å². The second-order valence-corrected chi connectivity index (χ2v) is 8.83. The first-order valence-corrected chi connectivity index (χ1v) is 11.4. The molecule has 8 heteroatoms. The highest BCUT2D eigenvalue weighted by atomic mass is 79.9. The lowest BCUT2D eigenvalue weighted by Crippen LogP contribution is -2.51. The molecule has 5 rings (SSSR count). The van der Waals surface area contributed by atoms with Crippen LogP contribution >= 0.6 is 15.9 Å². The number of rotatable bonds is 3. The summed E-state index contributed by atoms with van der Waals surface area (Å²) in [5, 5.41) is 0. The van der Waals surface area contributed by atoms with E-state index in [0.717, 1.165) is 10.0 Å². The first-order chi connectivity index (χ1) is 15.5. The number of halogens is 1. The maximum Gasteiger partial charge on any atom is 0.294 e. The Morgan fingerprint density at radius 1 is 1.03 bits per heavy atom. The monoisotopic (exact) mass is 498 g/mol. The number of likely N-dealkylation sites (tertiary alicyclic amines) is 1. The van der Waals surface area contributed by atoms with Crippen LogP contribution in [0.3, 0.4) is 0 Å². The quantitative estimate of drug-likeness (QED) is 0.605. The molecule has 3 aliphatic heterocycles. The van der Waals surface area contributed by atoms with Gasteiger partial charge in [-0.2, -0.15) is 0 Å². The van der Waals surface area contributed by atoms with Crippen LogP contribution in [0, 0.1) is 0 Å². The van der Waals surface area contributed by atoms with Crippen molar-refractivity contribution in [1.29, 1.82) is 0 Å². The van der Waals surface area contributed by atoms with Gasteiger partial charge in [-0.1, -0.05) is 46.3 Å². The van der Waals surface area contributed by atoms with Crippen molar-refractivity contribution < 1.29 is 23.8 Å². The van der Waals surface area contributed by atoms with E-state index in [-0.39, 0.29) is 24.1 Å². The van der Waals surface area contributed by atoms with Crippen LogP contribution in [0.5, 0.6) is 5.75 Å². The van der Waals surface area contributed by atoms with Gasteiger partial charge in [0.1, 0.15) is 6.54 Å². The zero-order valence-corrected chi connectivity index (χ0v) is 19.0. The minimum atomic E-state index is -0.545. The Hall–Kier alpha value is -2.68. The molecule has 166 valence electrons. The van der Waals surface area contributed by atoms with E-state index >= 15 is 0 Å². The Labute approximate surface area is 194 Å². The summed E-state index contributed by atoms with van der Waals surface area (Å²) in [7, 11) is 0. The molecule has 3 heterocycles. The van der Waals surface area contributed by atoms with Gasteiger partial charge in [0.25, 0.3) is 5.91 Å². The van der Waals surface area contributed by atoms with E-state index in [1.807, 2.05) is 36.4 Å². The van der Waals surface area contributed by atoms with Gasteiger partial charge < -0.3 is 19.1 Å². The standard InChI is InChI=1S/C24H23BrN2O5/c25-18-6-2-1-5-17(18)15-21-23(29)27(19-7-3-4-8-20(19)32-21)16-22(28)26-11-9-24(10-12-26)30-13-14-31-24/h1-8,15H,9-14,16H2/b21-15+. The molecule has 0 radical (unpaired) electrons. The van der Waals surface area contributed by atoms with Gasteiger partial charge >= 0.3 is 0 Å². The van der Waals surface area contributed by atoms with Crippen molar-refractivity contribution in [2.45, 2.75) is 18.6 Å². The van der Waals surface area contributed by atoms with Crippen molar-refractivity contribution in [3.63, 3.8) is 0 Å². The average Bonchev–Trinajstić information content (AvgIpc) is 3.26. The number of hydrogen-bond acceptors (Lipinski definition) is 5. The lowest BCUT2D eigenvalue weighted by Gasteiger charge is -2.38. The van der Waals surface area contributed by atoms with Gasteiger partial charge in [-0.15, -0.1) is 0 Å². The molecule has 2 aromatic rings. The van der Waals surface area contributed by atoms with E-state index in [0.29, 0.717) is 50.6 Å². The van der Waals surface area contributed by atoms with Gasteiger partial charge in [0.2, 0.25) is 5.91 Å². The molecule has 2 amide bonds. The van der Waals surface area contributed by atoms with Gasteiger partial charge in [-0.05, 0) is 29.8 Å². The third-order valence-electron chi connectivity index (χ3n) is 6.01. The zero-order chi connectivity index (χ0) is 22.1. The summed E-state index contributed by atoms with van der Waals surface area (Å²) in [6.07, 6.45) is 2.97. The van der Waals surface area contributed by atoms with Crippen molar-refractivity contribution in [2.24, 2.45) is 0 Å². The van der Waals surface area contributed by atoms with Crippen LogP contribution in [0.25, 0.3) is 6.08 Å². The fourth-order valence-corrected chi connectivity index (χ4v) is 4.67. The molecule has 3 aliphatic rings. The Balaban J connectivity index is 1.37. The number of hydrogen-bond donors (Lipinski definition) is 0. The molecule has 2 aromatic carbocycles. The lowest BCUT2D eigenvalue weighted by molar-refractivity contribution is -0.187. The summed E-state index contributed by atoms with van der Waals surface area (Å²) < 4.78 is 18.3. The van der Waals surface area contributed by atoms with Gasteiger partial charge in [0.05, 0.1) is 18.9 Å². The number of anilines is 1. The molecule has 7 nitrogen and oxygen atoms in total. The lowest BCUT2D eigenvalue weighted by atomic mass is 10.0. The Kier molecular flexibility index (Phi) is 5.75. The third-order valence-corrected chi connectivity index (χ3v) is 6.73. The molecule has 0 unspecified atom stereocenters. The van der Waals surface area contributed by atoms with Crippen molar-refractivity contribution in [3.05, 3.63) is 64.3 Å². The largest absolute Gasteiger partial charge is 0.449 e. The van der Waals surface area contributed by atoms with Crippen LogP contribution in [0.4, 0.5) is 5.69 Å². The Morgan fingerprint density at radius 2 is 1.72 bits per heavy atom. The molecule has 32 heavy (non-hydrogen) atoms. The van der Waals surface area contributed by atoms with Gasteiger partial charge in [-0.3, -0.25) is 14.5 Å². The molecular formula is C24H23BrN2O5. The topological polar surface area (TPSA) is 68.3 Å². The predicted molar refractivity (Wildman–Crippen MR) is 122 cm³/mol. The van der Waals surface area contributed by atoms with Crippen molar-refractivity contribution in [1.82, 2.24) is 4.90 Å². The first-order valence-electron chi connectivity index (χ1n) is 10.7. The van der Waals surface area contributed by atoms with Gasteiger partial charge in [0, 0.05) is 30.4 Å². The normalized spacial score (nSPS) is 21.0.